The first-order chi connectivity index (χ1) is 18.1. The number of hydrogen-bond acceptors (Lipinski definition) is 4. The van der Waals surface area contributed by atoms with Crippen molar-refractivity contribution >= 4 is 11.8 Å². The van der Waals surface area contributed by atoms with Crippen molar-refractivity contribution in [2.75, 3.05) is 58.9 Å². The van der Waals surface area contributed by atoms with E-state index >= 15 is 0 Å². The van der Waals surface area contributed by atoms with Gasteiger partial charge < -0.3 is 9.80 Å². The number of benzene rings is 2. The van der Waals surface area contributed by atoms with Crippen LogP contribution in [0.25, 0.3) is 0 Å². The Balaban J connectivity index is 1.32. The summed E-state index contributed by atoms with van der Waals surface area (Å²) >= 11 is 0. The fourth-order valence-corrected chi connectivity index (χ4v) is 5.67. The zero-order valence-corrected chi connectivity index (χ0v) is 24.3. The molecular weight excluding hydrogens is 472 g/mol. The molecule has 1 atom stereocenters. The first-order valence-corrected chi connectivity index (χ1v) is 14.3. The lowest BCUT2D eigenvalue weighted by atomic mass is 9.86. The van der Waals surface area contributed by atoms with Crippen LogP contribution in [0.5, 0.6) is 0 Å². The smallest absolute Gasteiger partial charge is 0.254 e. The van der Waals surface area contributed by atoms with Gasteiger partial charge in [0.1, 0.15) is 0 Å². The van der Waals surface area contributed by atoms with Gasteiger partial charge in [0.15, 0.2) is 0 Å². The van der Waals surface area contributed by atoms with E-state index in [9.17, 15) is 9.59 Å². The first kappa shape index (κ1) is 28.3. The molecule has 6 nitrogen and oxygen atoms in total. The van der Waals surface area contributed by atoms with E-state index < -0.39 is 0 Å². The molecule has 2 heterocycles. The summed E-state index contributed by atoms with van der Waals surface area (Å²) < 4.78 is 0. The molecule has 206 valence electrons. The van der Waals surface area contributed by atoms with Crippen molar-refractivity contribution in [3.63, 3.8) is 0 Å². The number of aryl methyl sites for hydroxylation is 1. The van der Waals surface area contributed by atoms with E-state index in [0.29, 0.717) is 0 Å². The van der Waals surface area contributed by atoms with Gasteiger partial charge in [0.25, 0.3) is 11.8 Å². The highest BCUT2D eigenvalue weighted by atomic mass is 16.2. The third kappa shape index (κ3) is 6.47. The van der Waals surface area contributed by atoms with Crippen LogP contribution in [0, 0.1) is 6.92 Å². The molecule has 0 unspecified atom stereocenters. The van der Waals surface area contributed by atoms with Crippen molar-refractivity contribution in [2.45, 2.75) is 59.4 Å². The summed E-state index contributed by atoms with van der Waals surface area (Å²) in [4.78, 5) is 35.2. The maximum Gasteiger partial charge on any atom is 0.254 e. The normalized spacial score (nSPS) is 18.5. The Morgan fingerprint density at radius 3 is 1.95 bits per heavy atom. The number of hydrogen-bond donors (Lipinski definition) is 0. The molecule has 4 rings (SSSR count). The fourth-order valence-electron chi connectivity index (χ4n) is 5.67. The summed E-state index contributed by atoms with van der Waals surface area (Å²) in [6, 6.07) is 14.6. The van der Waals surface area contributed by atoms with Crippen LogP contribution in [-0.4, -0.2) is 90.3 Å². The SMILES string of the molecule is CCCN1CCN(C(=O)c2ccc([C@H](C)N3CCN(C(=O)c4ccc(C(C)(C)C)cc4)CC3)cc2C)CC1. The van der Waals surface area contributed by atoms with Crippen LogP contribution in [0.4, 0.5) is 0 Å². The van der Waals surface area contributed by atoms with Crippen LogP contribution in [0.2, 0.25) is 0 Å². The molecule has 2 saturated heterocycles. The first-order valence-electron chi connectivity index (χ1n) is 14.3. The van der Waals surface area contributed by atoms with E-state index in [1.165, 1.54) is 11.1 Å². The molecule has 2 amide bonds. The Hall–Kier alpha value is -2.70. The van der Waals surface area contributed by atoms with Crippen LogP contribution >= 0.6 is 0 Å². The minimum absolute atomic E-state index is 0.0803. The predicted molar refractivity (Wildman–Crippen MR) is 155 cm³/mol. The number of carbonyl (C=O) groups excluding carboxylic acids is 2. The van der Waals surface area contributed by atoms with Gasteiger partial charge in [0, 0.05) is 69.5 Å². The van der Waals surface area contributed by atoms with Crippen molar-refractivity contribution in [1.82, 2.24) is 19.6 Å². The second-order valence-electron chi connectivity index (χ2n) is 12.0. The van der Waals surface area contributed by atoms with E-state index in [1.807, 2.05) is 28.0 Å². The van der Waals surface area contributed by atoms with Gasteiger partial charge in [-0.05, 0) is 67.1 Å². The molecule has 2 fully saturated rings. The van der Waals surface area contributed by atoms with Gasteiger partial charge in [0.05, 0.1) is 0 Å². The van der Waals surface area contributed by atoms with Crippen LogP contribution in [-0.2, 0) is 5.41 Å². The number of nitrogens with zero attached hydrogens (tertiary/aromatic N) is 4. The van der Waals surface area contributed by atoms with Gasteiger partial charge in [-0.3, -0.25) is 19.4 Å². The number of rotatable bonds is 6. The zero-order chi connectivity index (χ0) is 27.4. The van der Waals surface area contributed by atoms with Crippen molar-refractivity contribution in [3.8, 4) is 0 Å². The number of amides is 2. The van der Waals surface area contributed by atoms with Crippen molar-refractivity contribution < 1.29 is 9.59 Å². The van der Waals surface area contributed by atoms with E-state index in [1.54, 1.807) is 0 Å². The van der Waals surface area contributed by atoms with Crippen LogP contribution in [0.1, 0.15) is 84.5 Å². The molecule has 0 saturated carbocycles. The Labute approximate surface area is 229 Å². The summed E-state index contributed by atoms with van der Waals surface area (Å²) in [5.41, 5.74) is 5.18. The lowest BCUT2D eigenvalue weighted by Gasteiger charge is -2.38. The highest BCUT2D eigenvalue weighted by molar-refractivity contribution is 5.96. The van der Waals surface area contributed by atoms with Crippen LogP contribution in [0.3, 0.4) is 0 Å². The van der Waals surface area contributed by atoms with Gasteiger partial charge in [0.2, 0.25) is 0 Å². The molecule has 0 spiro atoms. The van der Waals surface area contributed by atoms with Crippen LogP contribution < -0.4 is 0 Å². The summed E-state index contributed by atoms with van der Waals surface area (Å²) in [5.74, 6) is 0.271. The zero-order valence-electron chi connectivity index (χ0n) is 24.3. The van der Waals surface area contributed by atoms with E-state index in [2.05, 4.69) is 75.6 Å². The second kappa shape index (κ2) is 12.0. The minimum atomic E-state index is 0.0803. The van der Waals surface area contributed by atoms with Crippen molar-refractivity contribution in [1.29, 1.82) is 0 Å². The summed E-state index contributed by atoms with van der Waals surface area (Å²) in [6.07, 6.45) is 1.16. The van der Waals surface area contributed by atoms with Gasteiger partial charge >= 0.3 is 0 Å². The molecule has 0 N–H and O–H groups in total. The molecule has 2 aromatic rings. The van der Waals surface area contributed by atoms with Crippen molar-refractivity contribution in [3.05, 3.63) is 70.3 Å². The minimum Gasteiger partial charge on any atom is -0.336 e. The third-order valence-electron chi connectivity index (χ3n) is 8.31. The van der Waals surface area contributed by atoms with Gasteiger partial charge in [-0.1, -0.05) is 52.0 Å². The highest BCUT2D eigenvalue weighted by Gasteiger charge is 2.27. The summed E-state index contributed by atoms with van der Waals surface area (Å²) in [5, 5.41) is 0. The van der Waals surface area contributed by atoms with E-state index in [0.717, 1.165) is 82.0 Å². The molecule has 38 heavy (non-hydrogen) atoms. The van der Waals surface area contributed by atoms with Crippen molar-refractivity contribution in [2.24, 2.45) is 0 Å². The summed E-state index contributed by atoms with van der Waals surface area (Å²) in [6.45, 7) is 20.8. The molecule has 0 radical (unpaired) electrons. The van der Waals surface area contributed by atoms with Gasteiger partial charge in [-0.25, -0.2) is 0 Å². The number of piperazine rings is 2. The van der Waals surface area contributed by atoms with E-state index in [4.69, 9.17) is 0 Å². The average molecular weight is 519 g/mol. The lowest BCUT2D eigenvalue weighted by molar-refractivity contribution is 0.0582. The molecular formula is C32H46N4O2. The summed E-state index contributed by atoms with van der Waals surface area (Å²) in [7, 11) is 0. The molecule has 0 aliphatic carbocycles. The molecule has 2 aliphatic heterocycles. The Morgan fingerprint density at radius 1 is 0.816 bits per heavy atom. The molecule has 0 aromatic heterocycles. The Morgan fingerprint density at radius 2 is 1.39 bits per heavy atom. The number of carbonyl (C=O) groups is 2. The maximum absolute atomic E-state index is 13.2. The third-order valence-corrected chi connectivity index (χ3v) is 8.31. The average Bonchev–Trinajstić information content (AvgIpc) is 2.92. The van der Waals surface area contributed by atoms with Crippen LogP contribution in [0.15, 0.2) is 42.5 Å². The Kier molecular flexibility index (Phi) is 8.94. The second-order valence-corrected chi connectivity index (χ2v) is 12.0. The monoisotopic (exact) mass is 518 g/mol. The molecule has 2 aliphatic rings. The molecule has 6 heteroatoms. The predicted octanol–water partition coefficient (Wildman–Crippen LogP) is 4.98. The maximum atomic E-state index is 13.2. The standard InChI is InChI=1S/C32H46N4O2/c1-7-14-33-15-17-36(18-16-33)31(38)29-13-10-27(23-24(29)2)25(3)34-19-21-35(22-20-34)30(37)26-8-11-28(12-9-26)32(4,5)6/h8-13,23,25H,7,14-22H2,1-6H3/t25-/m0/s1. The van der Waals surface area contributed by atoms with Gasteiger partial charge in [-0.15, -0.1) is 0 Å². The topological polar surface area (TPSA) is 47.1 Å². The quantitative estimate of drug-likeness (QED) is 0.541. The Bertz CT molecular complexity index is 1110. The fraction of sp³-hybridized carbons (Fsp3) is 0.562. The highest BCUT2D eigenvalue weighted by Crippen LogP contribution is 2.26. The molecule has 2 aromatic carbocycles. The molecule has 0 bridgehead atoms. The largest absolute Gasteiger partial charge is 0.336 e. The lowest BCUT2D eigenvalue weighted by Crippen LogP contribution is -2.49. The van der Waals surface area contributed by atoms with E-state index in [-0.39, 0.29) is 23.3 Å². The van der Waals surface area contributed by atoms with Gasteiger partial charge in [-0.2, -0.15) is 0 Å².